The molecule has 1 fully saturated rings. The number of anilines is 1. The number of amides is 1. The fourth-order valence-electron chi connectivity index (χ4n) is 2.47. The number of rotatable bonds is 5. The maximum Gasteiger partial charge on any atom is 0.221 e. The molecule has 1 unspecified atom stereocenters. The van der Waals surface area contributed by atoms with E-state index in [0.717, 1.165) is 43.1 Å². The first kappa shape index (κ1) is 13.7. The number of hydrogen-bond donors (Lipinski definition) is 2. The Labute approximate surface area is 113 Å². The molecule has 1 aromatic carbocycles. The van der Waals surface area contributed by atoms with Gasteiger partial charge in [0.05, 0.1) is 12.5 Å². The van der Waals surface area contributed by atoms with Gasteiger partial charge in [-0.2, -0.15) is 0 Å². The molecule has 1 amide bonds. The molecule has 1 atom stereocenters. The second-order valence-corrected chi connectivity index (χ2v) is 4.92. The lowest BCUT2D eigenvalue weighted by Crippen LogP contribution is -2.27. The molecule has 0 aromatic heterocycles. The van der Waals surface area contributed by atoms with E-state index < -0.39 is 0 Å². The summed E-state index contributed by atoms with van der Waals surface area (Å²) in [4.78, 5) is 13.4. The van der Waals surface area contributed by atoms with Crippen molar-refractivity contribution in [2.75, 3.05) is 25.4 Å². The summed E-state index contributed by atoms with van der Waals surface area (Å²) in [5.74, 6) is 0.621. The Kier molecular flexibility index (Phi) is 4.27. The van der Waals surface area contributed by atoms with E-state index in [4.69, 9.17) is 16.2 Å². The van der Waals surface area contributed by atoms with Gasteiger partial charge in [-0.3, -0.25) is 9.69 Å². The zero-order valence-electron chi connectivity index (χ0n) is 11.3. The van der Waals surface area contributed by atoms with Crippen LogP contribution in [0.25, 0.3) is 0 Å². The zero-order valence-corrected chi connectivity index (χ0v) is 11.3. The van der Waals surface area contributed by atoms with Crippen molar-refractivity contribution in [1.82, 2.24) is 4.90 Å². The summed E-state index contributed by atoms with van der Waals surface area (Å²) in [6.45, 7) is 4.92. The van der Waals surface area contributed by atoms with Crippen LogP contribution in [0.5, 0.6) is 5.75 Å². The summed E-state index contributed by atoms with van der Waals surface area (Å²) in [7, 11) is 0. The monoisotopic (exact) mass is 263 g/mol. The first-order chi connectivity index (χ1) is 9.10. The van der Waals surface area contributed by atoms with Gasteiger partial charge in [0, 0.05) is 24.3 Å². The molecule has 1 saturated heterocycles. The Morgan fingerprint density at radius 3 is 2.95 bits per heavy atom. The van der Waals surface area contributed by atoms with Gasteiger partial charge in [0.15, 0.2) is 0 Å². The molecule has 19 heavy (non-hydrogen) atoms. The summed E-state index contributed by atoms with van der Waals surface area (Å²) < 4.78 is 5.60. The van der Waals surface area contributed by atoms with E-state index in [1.807, 2.05) is 25.1 Å². The summed E-state index contributed by atoms with van der Waals surface area (Å²) in [6, 6.07) is 5.67. The minimum absolute atomic E-state index is 0.0309. The molecule has 1 aliphatic heterocycles. The lowest BCUT2D eigenvalue weighted by atomic mass is 10.1. The molecule has 1 aliphatic rings. The number of nitrogens with two attached hydrogens (primary N) is 2. The van der Waals surface area contributed by atoms with Crippen molar-refractivity contribution >= 4 is 11.6 Å². The van der Waals surface area contributed by atoms with Crippen molar-refractivity contribution in [1.29, 1.82) is 0 Å². The fraction of sp³-hybridized carbons (Fsp3) is 0.500. The number of carbonyl (C=O) groups excluding carboxylic acids is 1. The van der Waals surface area contributed by atoms with E-state index in [9.17, 15) is 4.79 Å². The molecule has 0 spiro atoms. The number of nitrogens with zero attached hydrogens (tertiary/aromatic N) is 1. The average molecular weight is 263 g/mol. The molecule has 0 saturated carbocycles. The van der Waals surface area contributed by atoms with Crippen LogP contribution in [0, 0.1) is 5.92 Å². The summed E-state index contributed by atoms with van der Waals surface area (Å²) in [5, 5.41) is 0. The zero-order chi connectivity index (χ0) is 13.8. The number of primary amides is 1. The maximum absolute atomic E-state index is 11.2. The SMILES string of the molecule is CCOc1ccc(N)cc1CN1CCC(C(N)=O)C1. The third-order valence-electron chi connectivity index (χ3n) is 3.45. The van der Waals surface area contributed by atoms with E-state index in [2.05, 4.69) is 4.90 Å². The van der Waals surface area contributed by atoms with Crippen LogP contribution in [0.3, 0.4) is 0 Å². The Balaban J connectivity index is 2.06. The minimum Gasteiger partial charge on any atom is -0.494 e. The van der Waals surface area contributed by atoms with E-state index in [1.165, 1.54) is 0 Å². The van der Waals surface area contributed by atoms with Crippen LogP contribution in [-0.2, 0) is 11.3 Å². The molecule has 1 aromatic rings. The Morgan fingerprint density at radius 2 is 2.32 bits per heavy atom. The lowest BCUT2D eigenvalue weighted by molar-refractivity contribution is -0.121. The number of nitrogen functional groups attached to an aromatic ring is 1. The van der Waals surface area contributed by atoms with Crippen molar-refractivity contribution in [2.45, 2.75) is 19.9 Å². The van der Waals surface area contributed by atoms with Gasteiger partial charge < -0.3 is 16.2 Å². The Bertz CT molecular complexity index is 462. The third kappa shape index (κ3) is 3.38. The van der Waals surface area contributed by atoms with Gasteiger partial charge >= 0.3 is 0 Å². The van der Waals surface area contributed by atoms with Gasteiger partial charge in [-0.1, -0.05) is 0 Å². The Morgan fingerprint density at radius 1 is 1.53 bits per heavy atom. The van der Waals surface area contributed by atoms with Gasteiger partial charge in [0.25, 0.3) is 0 Å². The maximum atomic E-state index is 11.2. The topological polar surface area (TPSA) is 81.6 Å². The average Bonchev–Trinajstić information content (AvgIpc) is 2.81. The van der Waals surface area contributed by atoms with Crippen LogP contribution < -0.4 is 16.2 Å². The highest BCUT2D eigenvalue weighted by atomic mass is 16.5. The largest absolute Gasteiger partial charge is 0.494 e. The van der Waals surface area contributed by atoms with Crippen LogP contribution in [0.4, 0.5) is 5.69 Å². The van der Waals surface area contributed by atoms with Crippen molar-refractivity contribution in [2.24, 2.45) is 11.7 Å². The standard InChI is InChI=1S/C14H21N3O2/c1-2-19-13-4-3-12(15)7-11(13)9-17-6-5-10(8-17)14(16)18/h3-4,7,10H,2,5-6,8-9,15H2,1H3,(H2,16,18). The second-order valence-electron chi connectivity index (χ2n) is 4.92. The van der Waals surface area contributed by atoms with Gasteiger partial charge in [-0.05, 0) is 38.1 Å². The van der Waals surface area contributed by atoms with Crippen molar-refractivity contribution in [3.63, 3.8) is 0 Å². The van der Waals surface area contributed by atoms with E-state index >= 15 is 0 Å². The lowest BCUT2D eigenvalue weighted by Gasteiger charge is -2.18. The first-order valence-corrected chi connectivity index (χ1v) is 6.63. The van der Waals surface area contributed by atoms with Gasteiger partial charge in [0.2, 0.25) is 5.91 Å². The quantitative estimate of drug-likeness (QED) is 0.776. The normalized spacial score (nSPS) is 19.5. The molecular formula is C14H21N3O2. The van der Waals surface area contributed by atoms with E-state index in [1.54, 1.807) is 0 Å². The van der Waals surface area contributed by atoms with Gasteiger partial charge in [-0.15, -0.1) is 0 Å². The highest BCUT2D eigenvalue weighted by Crippen LogP contribution is 2.26. The van der Waals surface area contributed by atoms with Crippen LogP contribution in [0.15, 0.2) is 18.2 Å². The van der Waals surface area contributed by atoms with Crippen LogP contribution in [0.1, 0.15) is 18.9 Å². The van der Waals surface area contributed by atoms with Crippen LogP contribution in [0.2, 0.25) is 0 Å². The van der Waals surface area contributed by atoms with Crippen LogP contribution >= 0.6 is 0 Å². The van der Waals surface area contributed by atoms with Crippen LogP contribution in [-0.4, -0.2) is 30.5 Å². The van der Waals surface area contributed by atoms with Gasteiger partial charge in [0.1, 0.15) is 5.75 Å². The van der Waals surface area contributed by atoms with Crippen molar-refractivity contribution in [3.05, 3.63) is 23.8 Å². The third-order valence-corrected chi connectivity index (χ3v) is 3.45. The molecular weight excluding hydrogens is 242 g/mol. The fourth-order valence-corrected chi connectivity index (χ4v) is 2.47. The number of carbonyl (C=O) groups is 1. The number of hydrogen-bond acceptors (Lipinski definition) is 4. The molecule has 2 rings (SSSR count). The highest BCUT2D eigenvalue weighted by molar-refractivity contribution is 5.77. The molecule has 4 N–H and O–H groups in total. The number of benzene rings is 1. The highest BCUT2D eigenvalue weighted by Gasteiger charge is 2.26. The van der Waals surface area contributed by atoms with Crippen molar-refractivity contribution < 1.29 is 9.53 Å². The number of ether oxygens (including phenoxy) is 1. The smallest absolute Gasteiger partial charge is 0.221 e. The van der Waals surface area contributed by atoms with Crippen molar-refractivity contribution in [3.8, 4) is 5.75 Å². The number of likely N-dealkylation sites (tertiary alicyclic amines) is 1. The molecule has 5 nitrogen and oxygen atoms in total. The summed E-state index contributed by atoms with van der Waals surface area (Å²) >= 11 is 0. The molecule has 104 valence electrons. The minimum atomic E-state index is -0.208. The molecule has 0 radical (unpaired) electrons. The second kappa shape index (κ2) is 5.93. The summed E-state index contributed by atoms with van der Waals surface area (Å²) in [5.41, 5.74) is 13.0. The molecule has 5 heteroatoms. The molecule has 0 bridgehead atoms. The van der Waals surface area contributed by atoms with E-state index in [0.29, 0.717) is 6.61 Å². The van der Waals surface area contributed by atoms with Gasteiger partial charge in [-0.25, -0.2) is 0 Å². The molecule has 0 aliphatic carbocycles. The Hall–Kier alpha value is -1.75. The first-order valence-electron chi connectivity index (χ1n) is 6.63. The summed E-state index contributed by atoms with van der Waals surface area (Å²) in [6.07, 6.45) is 0.835. The van der Waals surface area contributed by atoms with E-state index in [-0.39, 0.29) is 11.8 Å². The predicted molar refractivity (Wildman–Crippen MR) is 74.6 cm³/mol. The predicted octanol–water partition coefficient (Wildman–Crippen LogP) is 0.975. The molecule has 1 heterocycles.